The smallest absolute Gasteiger partial charge is 0.318 e. The largest absolute Gasteiger partial charge is 0.351 e. The number of rotatable bonds is 5. The highest BCUT2D eigenvalue weighted by molar-refractivity contribution is 8.00. The molecule has 0 saturated heterocycles. The maximum absolute atomic E-state index is 11.6. The Balaban J connectivity index is 2.85. The topological polar surface area (TPSA) is 129 Å². The molecule has 19 heavy (non-hydrogen) atoms. The maximum Gasteiger partial charge on any atom is 0.318 e. The minimum absolute atomic E-state index is 0.127. The molecule has 0 aliphatic rings. The third kappa shape index (κ3) is 3.93. The Morgan fingerprint density at radius 1 is 1.37 bits per heavy atom. The molecule has 0 aromatic carbocycles. The van der Waals surface area contributed by atoms with Crippen LogP contribution in [-0.4, -0.2) is 32.0 Å². The summed E-state index contributed by atoms with van der Waals surface area (Å²) < 4.78 is 1.86. The predicted molar refractivity (Wildman–Crippen MR) is 71.3 cm³/mol. The number of urea groups is 1. The van der Waals surface area contributed by atoms with Gasteiger partial charge in [0.1, 0.15) is 5.82 Å². The number of carbonyl (C=O) groups is 2. The van der Waals surface area contributed by atoms with Gasteiger partial charge in [-0.25, -0.2) is 4.79 Å². The van der Waals surface area contributed by atoms with Gasteiger partial charge in [-0.15, -0.1) is 10.2 Å². The number of nitrogens with two attached hydrogens (primary N) is 2. The van der Waals surface area contributed by atoms with Gasteiger partial charge < -0.3 is 16.0 Å². The van der Waals surface area contributed by atoms with Gasteiger partial charge in [-0.05, 0) is 20.8 Å². The number of imide groups is 1. The molecule has 1 heterocycles. The van der Waals surface area contributed by atoms with E-state index in [-0.39, 0.29) is 12.6 Å². The van der Waals surface area contributed by atoms with Crippen LogP contribution in [0, 0.1) is 0 Å². The van der Waals surface area contributed by atoms with E-state index < -0.39 is 17.2 Å². The van der Waals surface area contributed by atoms with Gasteiger partial charge in [-0.2, -0.15) is 0 Å². The summed E-state index contributed by atoms with van der Waals surface area (Å²) in [5.41, 5.74) is 10.5. The quantitative estimate of drug-likeness (QED) is 0.653. The van der Waals surface area contributed by atoms with Crippen LogP contribution in [-0.2, 0) is 11.3 Å². The van der Waals surface area contributed by atoms with Crippen LogP contribution in [0.25, 0.3) is 0 Å². The molecule has 0 aliphatic heterocycles. The van der Waals surface area contributed by atoms with Gasteiger partial charge in [-0.3, -0.25) is 10.1 Å². The van der Waals surface area contributed by atoms with Crippen molar-refractivity contribution in [2.24, 2.45) is 11.5 Å². The van der Waals surface area contributed by atoms with Gasteiger partial charge in [-0.1, -0.05) is 11.8 Å². The number of thioether (sulfide) groups is 1. The molecule has 0 aliphatic carbocycles. The molecule has 0 saturated carbocycles. The number of nitrogens with zero attached hydrogens (tertiary/aromatic N) is 3. The van der Waals surface area contributed by atoms with Gasteiger partial charge in [0.05, 0.1) is 11.8 Å². The lowest BCUT2D eigenvalue weighted by Gasteiger charge is -2.15. The molecule has 9 heteroatoms. The zero-order valence-electron chi connectivity index (χ0n) is 11.1. The van der Waals surface area contributed by atoms with E-state index in [1.807, 2.05) is 23.7 Å². The number of nitrogens with one attached hydrogen (secondary N) is 1. The van der Waals surface area contributed by atoms with Crippen molar-refractivity contribution in [1.29, 1.82) is 0 Å². The molecule has 0 fully saturated rings. The number of carbonyl (C=O) groups excluding carboxylic acids is 2. The lowest BCUT2D eigenvalue weighted by molar-refractivity contribution is -0.119. The summed E-state index contributed by atoms with van der Waals surface area (Å²) in [5.74, 6) is 0.185. The van der Waals surface area contributed by atoms with Gasteiger partial charge in [0.15, 0.2) is 5.16 Å². The van der Waals surface area contributed by atoms with E-state index in [0.717, 1.165) is 0 Å². The third-order valence-electron chi connectivity index (χ3n) is 2.33. The standard InChI is InChI=1S/C10H18N6O2S/c1-5(2)16-7(4-11)14-15-10(16)19-6(3)8(17)13-9(12)18/h5-6H,4,11H2,1-3H3,(H3,12,13,17,18). The summed E-state index contributed by atoms with van der Waals surface area (Å²) in [7, 11) is 0. The zero-order chi connectivity index (χ0) is 14.6. The molecule has 0 spiro atoms. The van der Waals surface area contributed by atoms with E-state index in [1.54, 1.807) is 6.92 Å². The first-order valence-corrected chi connectivity index (χ1v) is 6.65. The molecule has 0 radical (unpaired) electrons. The molecule has 5 N–H and O–H groups in total. The predicted octanol–water partition coefficient (Wildman–Crippen LogP) is -0.00680. The molecular formula is C10H18N6O2S. The van der Waals surface area contributed by atoms with Crippen molar-refractivity contribution >= 4 is 23.7 Å². The Morgan fingerprint density at radius 3 is 2.47 bits per heavy atom. The minimum atomic E-state index is -0.870. The zero-order valence-corrected chi connectivity index (χ0v) is 11.9. The van der Waals surface area contributed by atoms with Gasteiger partial charge in [0.25, 0.3) is 0 Å². The molecule has 1 aromatic rings. The number of amides is 3. The highest BCUT2D eigenvalue weighted by atomic mass is 32.2. The van der Waals surface area contributed by atoms with E-state index in [2.05, 4.69) is 10.2 Å². The van der Waals surface area contributed by atoms with Crippen molar-refractivity contribution in [3.05, 3.63) is 5.82 Å². The minimum Gasteiger partial charge on any atom is -0.351 e. The van der Waals surface area contributed by atoms with Crippen LogP contribution in [0.4, 0.5) is 4.79 Å². The molecular weight excluding hydrogens is 268 g/mol. The molecule has 1 unspecified atom stereocenters. The lowest BCUT2D eigenvalue weighted by Crippen LogP contribution is -2.39. The number of hydrogen-bond donors (Lipinski definition) is 3. The normalized spacial score (nSPS) is 12.5. The monoisotopic (exact) mass is 286 g/mol. The van der Waals surface area contributed by atoms with Gasteiger partial charge in [0.2, 0.25) is 5.91 Å². The number of primary amides is 1. The van der Waals surface area contributed by atoms with Crippen LogP contribution in [0.3, 0.4) is 0 Å². The molecule has 1 atom stereocenters. The summed E-state index contributed by atoms with van der Waals surface area (Å²) in [5, 5.41) is 10.1. The summed E-state index contributed by atoms with van der Waals surface area (Å²) in [6, 6.07) is -0.743. The summed E-state index contributed by atoms with van der Waals surface area (Å²) in [6.07, 6.45) is 0. The first-order valence-electron chi connectivity index (χ1n) is 5.77. The van der Waals surface area contributed by atoms with Crippen LogP contribution in [0.2, 0.25) is 0 Å². The van der Waals surface area contributed by atoms with Gasteiger partial charge in [0, 0.05) is 6.04 Å². The van der Waals surface area contributed by atoms with E-state index >= 15 is 0 Å². The first kappa shape index (κ1) is 15.4. The summed E-state index contributed by atoms with van der Waals surface area (Å²) in [4.78, 5) is 22.2. The van der Waals surface area contributed by atoms with Crippen LogP contribution >= 0.6 is 11.8 Å². The Kier molecular flexibility index (Phi) is 5.31. The molecule has 0 bridgehead atoms. The van der Waals surface area contributed by atoms with Crippen LogP contribution < -0.4 is 16.8 Å². The third-order valence-corrected chi connectivity index (χ3v) is 3.39. The van der Waals surface area contributed by atoms with Crippen molar-refractivity contribution < 1.29 is 9.59 Å². The van der Waals surface area contributed by atoms with Gasteiger partial charge >= 0.3 is 6.03 Å². The lowest BCUT2D eigenvalue weighted by atomic mass is 10.4. The second-order valence-corrected chi connectivity index (χ2v) is 5.49. The SMILES string of the molecule is CC(Sc1nnc(CN)n1C(C)C)C(=O)NC(N)=O. The molecule has 3 amide bonds. The Morgan fingerprint density at radius 2 is 2.00 bits per heavy atom. The fraction of sp³-hybridized carbons (Fsp3) is 0.600. The van der Waals surface area contributed by atoms with Crippen LogP contribution in [0.1, 0.15) is 32.6 Å². The Labute approximate surface area is 115 Å². The second kappa shape index (κ2) is 6.53. The fourth-order valence-corrected chi connectivity index (χ4v) is 2.48. The van der Waals surface area contributed by atoms with E-state index in [4.69, 9.17) is 11.5 Å². The van der Waals surface area contributed by atoms with E-state index in [9.17, 15) is 9.59 Å². The molecule has 106 valence electrons. The summed E-state index contributed by atoms with van der Waals surface area (Å²) in [6.45, 7) is 5.87. The Hall–Kier alpha value is -1.61. The second-order valence-electron chi connectivity index (χ2n) is 4.18. The molecule has 1 rings (SSSR count). The fourth-order valence-electron chi connectivity index (χ4n) is 1.48. The average molecular weight is 286 g/mol. The van der Waals surface area contributed by atoms with E-state index in [0.29, 0.717) is 11.0 Å². The van der Waals surface area contributed by atoms with Crippen molar-refractivity contribution in [2.75, 3.05) is 0 Å². The van der Waals surface area contributed by atoms with Crippen molar-refractivity contribution in [2.45, 2.75) is 43.8 Å². The number of hydrogen-bond acceptors (Lipinski definition) is 6. The first-order chi connectivity index (χ1) is 8.86. The van der Waals surface area contributed by atoms with E-state index in [1.165, 1.54) is 11.8 Å². The van der Waals surface area contributed by atoms with Crippen LogP contribution in [0.15, 0.2) is 5.16 Å². The highest BCUT2D eigenvalue weighted by Crippen LogP contribution is 2.25. The molecule has 8 nitrogen and oxygen atoms in total. The Bertz CT molecular complexity index is 473. The van der Waals surface area contributed by atoms with Crippen molar-refractivity contribution in [3.8, 4) is 0 Å². The molecule has 1 aromatic heterocycles. The summed E-state index contributed by atoms with van der Waals surface area (Å²) >= 11 is 1.20. The number of aromatic nitrogens is 3. The van der Waals surface area contributed by atoms with Crippen molar-refractivity contribution in [1.82, 2.24) is 20.1 Å². The average Bonchev–Trinajstić information content (AvgIpc) is 2.70. The van der Waals surface area contributed by atoms with Crippen LogP contribution in [0.5, 0.6) is 0 Å². The highest BCUT2D eigenvalue weighted by Gasteiger charge is 2.21. The van der Waals surface area contributed by atoms with Crippen molar-refractivity contribution in [3.63, 3.8) is 0 Å². The maximum atomic E-state index is 11.6.